The molecule has 0 fully saturated rings. The number of nitrogens with one attached hydrogen (secondary N) is 1. The molecule has 0 unspecified atom stereocenters. The van der Waals surface area contributed by atoms with Gasteiger partial charge in [-0.15, -0.1) is 0 Å². The fraction of sp³-hybridized carbons (Fsp3) is 0.0714. The van der Waals surface area contributed by atoms with Crippen LogP contribution < -0.4 is 5.43 Å². The molecule has 0 aromatic heterocycles. The van der Waals surface area contributed by atoms with Crippen molar-refractivity contribution in [2.24, 2.45) is 5.10 Å². The van der Waals surface area contributed by atoms with Gasteiger partial charge in [0, 0.05) is 16.3 Å². The van der Waals surface area contributed by atoms with E-state index >= 15 is 0 Å². The van der Waals surface area contributed by atoms with Crippen LogP contribution >= 0.6 is 15.9 Å². The summed E-state index contributed by atoms with van der Waals surface area (Å²) in [6.45, 7) is 0. The summed E-state index contributed by atoms with van der Waals surface area (Å²) in [5.74, 6) is 0. The normalized spacial score (nSPS) is 11.7. The van der Waals surface area contributed by atoms with Crippen molar-refractivity contribution < 1.29 is 8.42 Å². The van der Waals surface area contributed by atoms with Gasteiger partial charge in [-0.25, -0.2) is 8.42 Å². The molecule has 20 heavy (non-hydrogen) atoms. The van der Waals surface area contributed by atoms with Gasteiger partial charge >= 0.3 is 0 Å². The van der Waals surface area contributed by atoms with Gasteiger partial charge in [-0.05, 0) is 24.3 Å². The van der Waals surface area contributed by atoms with Gasteiger partial charge in [0.1, 0.15) is 0 Å². The zero-order valence-corrected chi connectivity index (χ0v) is 13.1. The lowest BCUT2D eigenvalue weighted by molar-refractivity contribution is 0.601. The monoisotopic (exact) mass is 352 g/mol. The van der Waals surface area contributed by atoms with Crippen LogP contribution in [0, 0.1) is 0 Å². The Bertz CT molecular complexity index is 728. The summed E-state index contributed by atoms with van der Waals surface area (Å²) in [6.07, 6.45) is 2.67. The maximum absolute atomic E-state index is 11.7. The molecule has 1 N–H and O–H groups in total. The van der Waals surface area contributed by atoms with Gasteiger partial charge in [-0.1, -0.05) is 40.2 Å². The minimum Gasteiger partial charge on any atom is -0.279 e. The van der Waals surface area contributed by atoms with Crippen LogP contribution in [0.1, 0.15) is 5.56 Å². The summed E-state index contributed by atoms with van der Waals surface area (Å²) in [4.78, 5) is 0.241. The van der Waals surface area contributed by atoms with E-state index in [0.717, 1.165) is 5.69 Å². The third kappa shape index (κ3) is 3.91. The number of hydrazone groups is 1. The quantitative estimate of drug-likeness (QED) is 0.678. The standard InChI is InChI=1S/C14H13BrN2O2S/c1-20(18,19)14-9-12(15)8-7-11(14)10-16-17-13-5-3-2-4-6-13/h2-10,17H,1H3. The van der Waals surface area contributed by atoms with E-state index in [1.54, 1.807) is 18.2 Å². The molecule has 0 saturated carbocycles. The molecule has 2 aromatic carbocycles. The van der Waals surface area contributed by atoms with Crippen molar-refractivity contribution in [2.75, 3.05) is 11.7 Å². The Morgan fingerprint density at radius 3 is 2.50 bits per heavy atom. The molecule has 0 bridgehead atoms. The van der Waals surface area contributed by atoms with Gasteiger partial charge in [0.25, 0.3) is 0 Å². The minimum atomic E-state index is -3.30. The summed E-state index contributed by atoms with van der Waals surface area (Å²) in [7, 11) is -3.30. The number of benzene rings is 2. The van der Waals surface area contributed by atoms with Gasteiger partial charge in [0.2, 0.25) is 0 Å². The highest BCUT2D eigenvalue weighted by molar-refractivity contribution is 9.10. The average Bonchev–Trinajstić information content (AvgIpc) is 2.40. The first-order valence-electron chi connectivity index (χ1n) is 5.80. The molecule has 0 amide bonds. The van der Waals surface area contributed by atoms with Gasteiger partial charge in [0.05, 0.1) is 16.8 Å². The van der Waals surface area contributed by atoms with Crippen LogP contribution in [0.25, 0.3) is 0 Å². The average molecular weight is 353 g/mol. The van der Waals surface area contributed by atoms with Crippen LogP contribution in [0.4, 0.5) is 5.69 Å². The van der Waals surface area contributed by atoms with Gasteiger partial charge in [-0.3, -0.25) is 5.43 Å². The maximum atomic E-state index is 11.7. The van der Waals surface area contributed by atoms with Crippen LogP contribution in [-0.4, -0.2) is 20.9 Å². The largest absolute Gasteiger partial charge is 0.279 e. The zero-order chi connectivity index (χ0) is 14.6. The van der Waals surface area contributed by atoms with E-state index in [9.17, 15) is 8.42 Å². The first-order valence-corrected chi connectivity index (χ1v) is 8.49. The lowest BCUT2D eigenvalue weighted by Gasteiger charge is -2.04. The fourth-order valence-electron chi connectivity index (χ4n) is 1.63. The molecule has 0 radical (unpaired) electrons. The van der Waals surface area contributed by atoms with Crippen LogP contribution in [0.5, 0.6) is 0 Å². The van der Waals surface area contributed by atoms with Crippen molar-refractivity contribution in [2.45, 2.75) is 4.90 Å². The number of para-hydroxylation sites is 1. The van der Waals surface area contributed by atoms with Crippen LogP contribution in [-0.2, 0) is 9.84 Å². The van der Waals surface area contributed by atoms with Crippen molar-refractivity contribution in [3.8, 4) is 0 Å². The van der Waals surface area contributed by atoms with Gasteiger partial charge in [-0.2, -0.15) is 5.10 Å². The number of rotatable bonds is 4. The molecule has 0 saturated heterocycles. The molecule has 0 aliphatic rings. The zero-order valence-electron chi connectivity index (χ0n) is 10.7. The predicted molar refractivity (Wildman–Crippen MR) is 84.9 cm³/mol. The first kappa shape index (κ1) is 14.7. The SMILES string of the molecule is CS(=O)(=O)c1cc(Br)ccc1C=NNc1ccccc1. The number of hydrogen-bond donors (Lipinski definition) is 1. The first-order chi connectivity index (χ1) is 9.47. The number of hydrogen-bond acceptors (Lipinski definition) is 4. The van der Waals surface area contributed by atoms with E-state index in [2.05, 4.69) is 26.5 Å². The number of anilines is 1. The Morgan fingerprint density at radius 2 is 1.85 bits per heavy atom. The molecule has 0 aliphatic carbocycles. The molecule has 6 heteroatoms. The second-order valence-electron chi connectivity index (χ2n) is 4.19. The molecule has 4 nitrogen and oxygen atoms in total. The van der Waals surface area contributed by atoms with E-state index in [4.69, 9.17) is 0 Å². The molecular formula is C14H13BrN2O2S. The summed E-state index contributed by atoms with van der Waals surface area (Å²) in [5.41, 5.74) is 4.23. The van der Waals surface area contributed by atoms with Crippen molar-refractivity contribution >= 4 is 37.7 Å². The van der Waals surface area contributed by atoms with Gasteiger partial charge < -0.3 is 0 Å². The predicted octanol–water partition coefficient (Wildman–Crippen LogP) is 3.30. The summed E-state index contributed by atoms with van der Waals surface area (Å²) in [5, 5.41) is 4.06. The number of sulfone groups is 1. The third-order valence-electron chi connectivity index (χ3n) is 2.55. The van der Waals surface area contributed by atoms with E-state index in [0.29, 0.717) is 10.0 Å². The lowest BCUT2D eigenvalue weighted by Crippen LogP contribution is -2.02. The highest BCUT2D eigenvalue weighted by Crippen LogP contribution is 2.20. The van der Waals surface area contributed by atoms with Crippen LogP contribution in [0.15, 0.2) is 63.0 Å². The Morgan fingerprint density at radius 1 is 1.15 bits per heavy atom. The Balaban J connectivity index is 2.26. The van der Waals surface area contributed by atoms with Crippen molar-refractivity contribution in [1.29, 1.82) is 0 Å². The smallest absolute Gasteiger partial charge is 0.176 e. The molecule has 0 atom stereocenters. The second kappa shape index (κ2) is 6.19. The van der Waals surface area contributed by atoms with E-state index < -0.39 is 9.84 Å². The molecular weight excluding hydrogens is 340 g/mol. The summed E-state index contributed by atoms with van der Waals surface area (Å²) < 4.78 is 24.2. The van der Waals surface area contributed by atoms with E-state index in [1.807, 2.05) is 30.3 Å². The highest BCUT2D eigenvalue weighted by atomic mass is 79.9. The molecule has 0 aliphatic heterocycles. The molecule has 0 spiro atoms. The van der Waals surface area contributed by atoms with E-state index in [-0.39, 0.29) is 4.90 Å². The summed E-state index contributed by atoms with van der Waals surface area (Å²) in [6, 6.07) is 14.5. The van der Waals surface area contributed by atoms with Crippen molar-refractivity contribution in [3.05, 3.63) is 58.6 Å². The second-order valence-corrected chi connectivity index (χ2v) is 7.09. The van der Waals surface area contributed by atoms with Crippen molar-refractivity contribution in [3.63, 3.8) is 0 Å². The summed E-state index contributed by atoms with van der Waals surface area (Å²) >= 11 is 3.27. The van der Waals surface area contributed by atoms with Crippen LogP contribution in [0.3, 0.4) is 0 Å². The van der Waals surface area contributed by atoms with Crippen LogP contribution in [0.2, 0.25) is 0 Å². The lowest BCUT2D eigenvalue weighted by atomic mass is 10.2. The number of halogens is 1. The minimum absolute atomic E-state index is 0.241. The number of nitrogens with zero attached hydrogens (tertiary/aromatic N) is 1. The Labute approximate surface area is 126 Å². The van der Waals surface area contributed by atoms with Gasteiger partial charge in [0.15, 0.2) is 9.84 Å². The van der Waals surface area contributed by atoms with E-state index in [1.165, 1.54) is 12.5 Å². The molecule has 2 aromatic rings. The molecule has 0 heterocycles. The Hall–Kier alpha value is -1.66. The fourth-order valence-corrected chi connectivity index (χ4v) is 3.03. The maximum Gasteiger partial charge on any atom is 0.176 e. The molecule has 2 rings (SSSR count). The topological polar surface area (TPSA) is 58.5 Å². The Kier molecular flexibility index (Phi) is 4.57. The highest BCUT2D eigenvalue weighted by Gasteiger charge is 2.12. The third-order valence-corrected chi connectivity index (χ3v) is 4.19. The molecule has 104 valence electrons. The van der Waals surface area contributed by atoms with Crippen molar-refractivity contribution in [1.82, 2.24) is 0 Å².